The van der Waals surface area contributed by atoms with E-state index in [2.05, 4.69) is 5.32 Å². The molecule has 0 unspecified atom stereocenters. The molecule has 2 amide bonds. The molecule has 158 valence electrons. The van der Waals surface area contributed by atoms with Gasteiger partial charge in [-0.2, -0.15) is 13.2 Å². The number of amides is 2. The third-order valence-electron chi connectivity index (χ3n) is 6.30. The molecular formula is C21H25F3N2O2S. The number of nitrogens with zero attached hydrogens (tertiary/aromatic N) is 1. The van der Waals surface area contributed by atoms with Crippen molar-refractivity contribution < 1.29 is 22.8 Å². The molecule has 0 spiro atoms. The second-order valence-corrected chi connectivity index (χ2v) is 9.45. The Morgan fingerprint density at radius 2 is 1.90 bits per heavy atom. The number of carbonyl (C=O) groups excluding carboxylic acids is 2. The molecular weight excluding hydrogens is 401 g/mol. The van der Waals surface area contributed by atoms with Crippen molar-refractivity contribution in [2.45, 2.75) is 73.7 Å². The Hall–Kier alpha value is -1.70. The number of halogens is 3. The molecule has 1 aromatic rings. The highest BCUT2D eigenvalue weighted by atomic mass is 32.2. The van der Waals surface area contributed by atoms with Crippen LogP contribution in [-0.4, -0.2) is 34.6 Å². The second kappa shape index (κ2) is 8.20. The zero-order valence-electron chi connectivity index (χ0n) is 16.1. The van der Waals surface area contributed by atoms with Gasteiger partial charge in [-0.1, -0.05) is 19.3 Å². The number of thioether (sulfide) groups is 1. The Morgan fingerprint density at radius 1 is 1.14 bits per heavy atom. The van der Waals surface area contributed by atoms with Gasteiger partial charge in [0.05, 0.1) is 16.5 Å². The zero-order valence-corrected chi connectivity index (χ0v) is 17.0. The fourth-order valence-corrected chi connectivity index (χ4v) is 5.93. The van der Waals surface area contributed by atoms with Crippen molar-refractivity contribution in [3.8, 4) is 0 Å². The van der Waals surface area contributed by atoms with E-state index < -0.39 is 22.9 Å². The van der Waals surface area contributed by atoms with Gasteiger partial charge in [-0.15, -0.1) is 11.8 Å². The molecule has 0 radical (unpaired) electrons. The topological polar surface area (TPSA) is 49.4 Å². The molecule has 2 aliphatic heterocycles. The van der Waals surface area contributed by atoms with Gasteiger partial charge >= 0.3 is 6.18 Å². The first-order chi connectivity index (χ1) is 13.8. The Kier molecular flexibility index (Phi) is 5.82. The number of rotatable bonds is 3. The molecule has 2 fully saturated rings. The lowest BCUT2D eigenvalue weighted by Gasteiger charge is -2.35. The fourth-order valence-electron chi connectivity index (χ4n) is 4.85. The molecule has 2 atom stereocenters. The fraction of sp³-hybridized carbons (Fsp3) is 0.619. The van der Waals surface area contributed by atoms with Crippen LogP contribution >= 0.6 is 11.8 Å². The molecule has 4 rings (SSSR count). The SMILES string of the molecule is O=C1Nc2cc(C(F)(F)F)ccc2S[C@@H]1CC(=O)N1CCC[C@@H]1C1CCCCC1. The highest BCUT2D eigenvalue weighted by molar-refractivity contribution is 8.01. The second-order valence-electron chi connectivity index (χ2n) is 8.20. The molecule has 8 heteroatoms. The van der Waals surface area contributed by atoms with Gasteiger partial charge in [0.15, 0.2) is 0 Å². The Morgan fingerprint density at radius 3 is 2.62 bits per heavy atom. The molecule has 4 nitrogen and oxygen atoms in total. The van der Waals surface area contributed by atoms with Crippen molar-refractivity contribution in [2.24, 2.45) is 5.92 Å². The van der Waals surface area contributed by atoms with Gasteiger partial charge in [0, 0.05) is 23.9 Å². The summed E-state index contributed by atoms with van der Waals surface area (Å²) in [5.41, 5.74) is -0.626. The largest absolute Gasteiger partial charge is 0.416 e. The van der Waals surface area contributed by atoms with Crippen molar-refractivity contribution in [1.82, 2.24) is 4.90 Å². The van der Waals surface area contributed by atoms with Gasteiger partial charge in [0.1, 0.15) is 0 Å². The lowest BCUT2D eigenvalue weighted by Crippen LogP contribution is -2.43. The number of carbonyl (C=O) groups is 2. The third kappa shape index (κ3) is 4.42. The first-order valence-electron chi connectivity index (χ1n) is 10.3. The molecule has 3 aliphatic rings. The lowest BCUT2D eigenvalue weighted by molar-refractivity contribution is -0.137. The summed E-state index contributed by atoms with van der Waals surface area (Å²) < 4.78 is 38.7. The molecule has 1 aromatic carbocycles. The molecule has 2 heterocycles. The molecule has 0 aromatic heterocycles. The molecule has 0 bridgehead atoms. The summed E-state index contributed by atoms with van der Waals surface area (Å²) in [6.07, 6.45) is 3.71. The average Bonchev–Trinajstić information content (AvgIpc) is 3.18. The van der Waals surface area contributed by atoms with Gasteiger partial charge in [-0.3, -0.25) is 9.59 Å². The van der Waals surface area contributed by atoms with Gasteiger partial charge in [0.2, 0.25) is 11.8 Å². The molecule has 1 saturated carbocycles. The van der Waals surface area contributed by atoms with E-state index in [-0.39, 0.29) is 24.1 Å². The van der Waals surface area contributed by atoms with Gasteiger partial charge in [0.25, 0.3) is 0 Å². The Balaban J connectivity index is 1.43. The number of likely N-dealkylation sites (tertiary alicyclic amines) is 1. The van der Waals surface area contributed by atoms with Crippen LogP contribution in [0.2, 0.25) is 0 Å². The van der Waals surface area contributed by atoms with Gasteiger partial charge in [-0.25, -0.2) is 0 Å². The molecule has 1 saturated heterocycles. The van der Waals surface area contributed by atoms with Crippen LogP contribution in [0.3, 0.4) is 0 Å². The van der Waals surface area contributed by atoms with Crippen LogP contribution in [0.25, 0.3) is 0 Å². The van der Waals surface area contributed by atoms with E-state index in [1.165, 1.54) is 49.9 Å². The third-order valence-corrected chi connectivity index (χ3v) is 7.58. The highest BCUT2D eigenvalue weighted by Crippen LogP contribution is 2.41. The minimum Gasteiger partial charge on any atom is -0.339 e. The van der Waals surface area contributed by atoms with Crippen molar-refractivity contribution in [3.05, 3.63) is 23.8 Å². The van der Waals surface area contributed by atoms with Crippen LogP contribution < -0.4 is 5.32 Å². The zero-order chi connectivity index (χ0) is 20.6. The maximum atomic E-state index is 13.0. The summed E-state index contributed by atoms with van der Waals surface area (Å²) in [6, 6.07) is 3.63. The van der Waals surface area contributed by atoms with E-state index in [9.17, 15) is 22.8 Å². The minimum atomic E-state index is -4.46. The Bertz CT molecular complexity index is 793. The van der Waals surface area contributed by atoms with E-state index in [4.69, 9.17) is 0 Å². The number of anilines is 1. The summed E-state index contributed by atoms with van der Waals surface area (Å²) in [5.74, 6) is 0.147. The van der Waals surface area contributed by atoms with Crippen LogP contribution in [-0.2, 0) is 15.8 Å². The summed E-state index contributed by atoms with van der Waals surface area (Å²) >= 11 is 1.18. The molecule has 29 heavy (non-hydrogen) atoms. The predicted octanol–water partition coefficient (Wildman–Crippen LogP) is 5.08. The lowest BCUT2D eigenvalue weighted by atomic mass is 9.83. The highest BCUT2D eigenvalue weighted by Gasteiger charge is 2.38. The average molecular weight is 427 g/mol. The van der Waals surface area contributed by atoms with Crippen LogP contribution in [0.1, 0.15) is 56.9 Å². The number of benzene rings is 1. The standard InChI is InChI=1S/C21H25F3N2O2S/c22-21(23,24)14-8-9-17-15(11-14)25-20(28)18(29-17)12-19(27)26-10-4-7-16(26)13-5-2-1-3-6-13/h8-9,11,13,16,18H,1-7,10,12H2,(H,25,28)/t16-,18-/m1/s1. The van der Waals surface area contributed by atoms with Crippen LogP contribution in [0.4, 0.5) is 18.9 Å². The first-order valence-corrected chi connectivity index (χ1v) is 11.2. The van der Waals surface area contributed by atoms with E-state index in [0.717, 1.165) is 31.5 Å². The van der Waals surface area contributed by atoms with Crippen LogP contribution in [0, 0.1) is 5.92 Å². The molecule has 1 aliphatic carbocycles. The minimum absolute atomic E-state index is 0.0129. The van der Waals surface area contributed by atoms with E-state index >= 15 is 0 Å². The summed E-state index contributed by atoms with van der Waals surface area (Å²) in [7, 11) is 0. The summed E-state index contributed by atoms with van der Waals surface area (Å²) in [5, 5.41) is 1.95. The summed E-state index contributed by atoms with van der Waals surface area (Å²) in [6.45, 7) is 0.741. The predicted molar refractivity (Wildman–Crippen MR) is 106 cm³/mol. The number of hydrogen-bond acceptors (Lipinski definition) is 3. The number of hydrogen-bond donors (Lipinski definition) is 1. The maximum Gasteiger partial charge on any atom is 0.416 e. The molecule has 1 N–H and O–H groups in total. The maximum absolute atomic E-state index is 13.0. The van der Waals surface area contributed by atoms with Crippen molar-refractivity contribution in [1.29, 1.82) is 0 Å². The van der Waals surface area contributed by atoms with Crippen LogP contribution in [0.5, 0.6) is 0 Å². The monoisotopic (exact) mass is 426 g/mol. The number of alkyl halides is 3. The first kappa shape index (κ1) is 20.6. The van der Waals surface area contributed by atoms with Crippen molar-refractivity contribution in [3.63, 3.8) is 0 Å². The van der Waals surface area contributed by atoms with Crippen molar-refractivity contribution >= 4 is 29.3 Å². The van der Waals surface area contributed by atoms with E-state index in [0.29, 0.717) is 10.8 Å². The Labute approximate surface area is 172 Å². The van der Waals surface area contributed by atoms with Crippen LogP contribution in [0.15, 0.2) is 23.1 Å². The van der Waals surface area contributed by atoms with E-state index in [1.54, 1.807) is 0 Å². The quantitative estimate of drug-likeness (QED) is 0.733. The normalized spacial score (nSPS) is 25.6. The van der Waals surface area contributed by atoms with E-state index in [1.807, 2.05) is 4.90 Å². The van der Waals surface area contributed by atoms with Gasteiger partial charge < -0.3 is 10.2 Å². The number of nitrogens with one attached hydrogen (secondary N) is 1. The van der Waals surface area contributed by atoms with Crippen molar-refractivity contribution in [2.75, 3.05) is 11.9 Å². The van der Waals surface area contributed by atoms with Gasteiger partial charge in [-0.05, 0) is 49.8 Å². The number of fused-ring (bicyclic) bond motifs is 1. The summed E-state index contributed by atoms with van der Waals surface area (Å²) in [4.78, 5) is 28.0. The smallest absolute Gasteiger partial charge is 0.339 e.